The van der Waals surface area contributed by atoms with E-state index >= 15 is 0 Å². The van der Waals surface area contributed by atoms with Gasteiger partial charge < -0.3 is 23.5 Å². The summed E-state index contributed by atoms with van der Waals surface area (Å²) in [5.74, 6) is 0. The lowest BCUT2D eigenvalue weighted by Crippen LogP contribution is -2.61. The van der Waals surface area contributed by atoms with Gasteiger partial charge >= 0.3 is 0 Å². The second kappa shape index (κ2) is 28.5. The second-order valence-electron chi connectivity index (χ2n) is 40.3. The highest BCUT2D eigenvalue weighted by molar-refractivity contribution is 7.00. The first-order valence-corrected chi connectivity index (χ1v) is 43.3. The molecule has 0 unspecified atom stereocenters. The van der Waals surface area contributed by atoms with Gasteiger partial charge in [0, 0.05) is 66.4 Å². The second-order valence-corrected chi connectivity index (χ2v) is 40.3. The van der Waals surface area contributed by atoms with E-state index in [1.54, 1.807) is 6.07 Å². The minimum absolute atomic E-state index is 0.0429. The third-order valence-electron chi connectivity index (χ3n) is 25.8. The van der Waals surface area contributed by atoms with E-state index in [4.69, 9.17) is 4.11 Å². The van der Waals surface area contributed by atoms with Crippen LogP contribution in [-0.2, 0) is 32.5 Å². The van der Waals surface area contributed by atoms with Crippen LogP contribution in [0.4, 0.5) is 34.1 Å². The Balaban J connectivity index is 0.988. The third-order valence-corrected chi connectivity index (χ3v) is 25.8. The van der Waals surface area contributed by atoms with Gasteiger partial charge in [0.25, 0.3) is 6.71 Å². The van der Waals surface area contributed by atoms with Crippen LogP contribution in [0.1, 0.15) is 180 Å². The largest absolute Gasteiger partial charge is 0.311 e. The van der Waals surface area contributed by atoms with Crippen molar-refractivity contribution in [3.8, 4) is 73.7 Å². The fraction of sp³-hybridized carbons (Fsp3) is 0.207. The standard InChI is InChI=1S/C116H104BN7/c1-111(2,3)80-45-51-101-92(65-80)93-66-81(112(4,5)6)46-52-102(93)120(101)87-48-50-96-107(68-87)121(86-47-43-75(69-118)103(67-86)122-97-39-26-22-35-88(97)89-36-23-27-40-98(89)122)108-61-78(73-34-30-33-72(53-73)71-31-20-19-21-32-71)62-109-110(108)117(96)95-49-44-74(76-54-82(113(7,8)9)63-83(55-76)114(10,11)12)58-106(95)124(109)105-60-79(77-56-84(115(13,14)15)64-85(57-77)116(16,17)18)59-104(94(105)70-119)123-99-41-28-24-37-90(99)91-38-25-29-42-100(91)123/h19-68H,1-18H3/i19D,20D,21D,31D,32D,56D,57D,64D. The van der Waals surface area contributed by atoms with Crippen LogP contribution in [0.15, 0.2) is 303 Å². The Kier molecular flexibility index (Phi) is 16.1. The van der Waals surface area contributed by atoms with Crippen LogP contribution in [0, 0.1) is 22.7 Å². The van der Waals surface area contributed by atoms with Crippen molar-refractivity contribution >= 4 is 123 Å². The van der Waals surface area contributed by atoms with Gasteiger partial charge in [0.05, 0.1) is 66.7 Å². The van der Waals surface area contributed by atoms with Crippen LogP contribution in [-0.4, -0.2) is 20.4 Å². The molecular weight excluding hydrogens is 1500 g/mol. The number of nitriles is 2. The highest BCUT2D eigenvalue weighted by Gasteiger charge is 2.46. The fourth-order valence-corrected chi connectivity index (χ4v) is 19.0. The van der Waals surface area contributed by atoms with Crippen LogP contribution >= 0.6 is 0 Å². The molecule has 7 nitrogen and oxygen atoms in total. The molecule has 0 fully saturated rings. The van der Waals surface area contributed by atoms with Gasteiger partial charge in [-0.3, -0.25) is 0 Å². The average Bonchev–Trinajstić information content (AvgIpc) is 0.795. The molecule has 0 bridgehead atoms. The van der Waals surface area contributed by atoms with Crippen LogP contribution in [0.5, 0.6) is 0 Å². The summed E-state index contributed by atoms with van der Waals surface area (Å²) in [7, 11) is 0. The summed E-state index contributed by atoms with van der Waals surface area (Å²) in [4.78, 5) is 4.63. The predicted molar refractivity (Wildman–Crippen MR) is 527 cm³/mol. The number of fused-ring (bicyclic) bond motifs is 13. The molecule has 2 aliphatic heterocycles. The number of anilines is 6. The lowest BCUT2D eigenvalue weighted by Gasteiger charge is -2.45. The zero-order valence-corrected chi connectivity index (χ0v) is 74.0. The summed E-state index contributed by atoms with van der Waals surface area (Å²) in [6.45, 7) is 38.7. The van der Waals surface area contributed by atoms with Gasteiger partial charge in [0.15, 0.2) is 0 Å². The molecule has 2 aliphatic rings. The Morgan fingerprint density at radius 3 is 1.19 bits per heavy atom. The molecule has 0 saturated heterocycles. The quantitative estimate of drug-likeness (QED) is 0.135. The van der Waals surface area contributed by atoms with E-state index in [9.17, 15) is 17.4 Å². The van der Waals surface area contributed by atoms with Gasteiger partial charge in [-0.2, -0.15) is 10.5 Å². The maximum absolute atomic E-state index is 13.2. The Hall–Kier alpha value is -13.7. The summed E-state index contributed by atoms with van der Waals surface area (Å²) >= 11 is 0. The Bertz CT molecular complexity index is 7840. The normalized spacial score (nSPS) is 14.1. The topological polar surface area (TPSA) is 68.8 Å². The summed E-state index contributed by atoms with van der Waals surface area (Å²) in [5, 5.41) is 31.2. The first kappa shape index (κ1) is 69.9. The summed E-state index contributed by atoms with van der Waals surface area (Å²) in [6, 6.07) is 93.7. The van der Waals surface area contributed by atoms with Crippen LogP contribution in [0.3, 0.4) is 0 Å². The van der Waals surface area contributed by atoms with Crippen molar-refractivity contribution in [1.82, 2.24) is 13.7 Å². The molecular formula is C116H104BN7. The van der Waals surface area contributed by atoms with E-state index in [0.717, 1.165) is 127 Å². The van der Waals surface area contributed by atoms with Crippen molar-refractivity contribution in [3.63, 3.8) is 0 Å². The monoisotopic (exact) mass is 1610 g/mol. The average molecular weight is 1620 g/mol. The lowest BCUT2D eigenvalue weighted by molar-refractivity contribution is 0.568. The summed E-state index contributed by atoms with van der Waals surface area (Å²) in [6.07, 6.45) is 0. The van der Waals surface area contributed by atoms with E-state index in [1.807, 2.05) is 114 Å². The highest BCUT2D eigenvalue weighted by atomic mass is 15.2. The van der Waals surface area contributed by atoms with E-state index < -0.39 is 35.7 Å². The predicted octanol–water partition coefficient (Wildman–Crippen LogP) is 29.3. The van der Waals surface area contributed by atoms with Crippen molar-refractivity contribution in [2.45, 2.75) is 157 Å². The third kappa shape index (κ3) is 13.0. The maximum atomic E-state index is 13.2. The molecule has 3 aromatic heterocycles. The van der Waals surface area contributed by atoms with Gasteiger partial charge in [-0.1, -0.05) is 312 Å². The van der Waals surface area contributed by atoms with Crippen molar-refractivity contribution in [1.29, 1.82) is 10.5 Å². The lowest BCUT2D eigenvalue weighted by atomic mass is 9.33. The van der Waals surface area contributed by atoms with Gasteiger partial charge in [-0.15, -0.1) is 0 Å². The molecule has 0 N–H and O–H groups in total. The Labute approximate surface area is 741 Å². The first-order valence-electron chi connectivity index (χ1n) is 47.3. The highest BCUT2D eigenvalue weighted by Crippen LogP contribution is 2.53. The Morgan fingerprint density at radius 2 is 0.677 bits per heavy atom. The molecule has 124 heavy (non-hydrogen) atoms. The zero-order valence-electron chi connectivity index (χ0n) is 82.0. The molecule has 20 rings (SSSR count). The number of para-hydroxylation sites is 4. The fourth-order valence-electron chi connectivity index (χ4n) is 19.0. The number of rotatable bonds is 9. The molecule has 0 aliphatic carbocycles. The van der Waals surface area contributed by atoms with E-state index in [-0.39, 0.29) is 63.0 Å². The van der Waals surface area contributed by atoms with Crippen molar-refractivity contribution in [3.05, 3.63) is 348 Å². The summed E-state index contributed by atoms with van der Waals surface area (Å²) in [5.41, 5.74) is 22.9. The minimum atomic E-state index is -0.757. The number of aromatic nitrogens is 3. The Morgan fingerprint density at radius 1 is 0.266 bits per heavy atom. The van der Waals surface area contributed by atoms with Crippen molar-refractivity contribution < 1.29 is 11.0 Å². The van der Waals surface area contributed by atoms with Crippen LogP contribution in [0.25, 0.3) is 127 Å². The molecule has 0 saturated carbocycles. The number of nitrogens with zero attached hydrogens (tertiary/aromatic N) is 7. The smallest absolute Gasteiger partial charge is 0.252 e. The molecule has 18 aromatic rings. The maximum Gasteiger partial charge on any atom is 0.252 e. The molecule has 8 heteroatoms. The number of hydrogen-bond donors (Lipinski definition) is 0. The summed E-state index contributed by atoms with van der Waals surface area (Å²) < 4.78 is 84.7. The number of benzene rings is 15. The van der Waals surface area contributed by atoms with Crippen molar-refractivity contribution in [2.75, 3.05) is 9.80 Å². The minimum Gasteiger partial charge on any atom is -0.311 e. The van der Waals surface area contributed by atoms with Gasteiger partial charge in [0.1, 0.15) is 17.7 Å². The van der Waals surface area contributed by atoms with Crippen LogP contribution < -0.4 is 26.2 Å². The van der Waals surface area contributed by atoms with Gasteiger partial charge in [-0.25, -0.2) is 0 Å². The van der Waals surface area contributed by atoms with Gasteiger partial charge in [0.2, 0.25) is 0 Å². The van der Waals surface area contributed by atoms with E-state index in [1.165, 1.54) is 11.1 Å². The van der Waals surface area contributed by atoms with E-state index in [2.05, 4.69) is 295 Å². The molecule has 0 atom stereocenters. The molecule has 0 spiro atoms. The number of hydrogen-bond acceptors (Lipinski definition) is 4. The molecule has 15 aromatic carbocycles. The van der Waals surface area contributed by atoms with Crippen molar-refractivity contribution in [2.24, 2.45) is 0 Å². The molecule has 5 heterocycles. The molecule has 0 radical (unpaired) electrons. The molecule has 606 valence electrons. The first-order chi connectivity index (χ1) is 62.5. The zero-order chi connectivity index (χ0) is 93.3. The van der Waals surface area contributed by atoms with E-state index in [0.29, 0.717) is 72.9 Å². The molecule has 0 amide bonds. The SMILES string of the molecule is [2H]c1c([2H])c([2H])c(-c2cccc(-c3cc4c5c(c3)N(c3cc(-c6c([2H])c(C(C)(C)C)c([2H])c(C(C)(C)C)c6[2H])cc(-n6c7ccccc7c7ccccc76)c3C#N)c3cc(-c6cc(C(C)(C)C)cc(C(C)(C)C)c6)ccc3B5c3ccc(-n5c6ccc(C(C)(C)C)cc6c6cc(C(C)(C)C)ccc65)cc3N4c3ccc(C#N)c(-n4c5ccccc5c5ccccc54)c3)c2)c([2H])c1[2H]. The van der Waals surface area contributed by atoms with Crippen LogP contribution in [0.2, 0.25) is 0 Å². The van der Waals surface area contributed by atoms with Gasteiger partial charge in [-0.05, 0) is 242 Å².